The van der Waals surface area contributed by atoms with Gasteiger partial charge in [-0.2, -0.15) is 0 Å². The van der Waals surface area contributed by atoms with Crippen molar-refractivity contribution < 1.29 is 9.90 Å². The highest BCUT2D eigenvalue weighted by molar-refractivity contribution is 7.14. The van der Waals surface area contributed by atoms with Gasteiger partial charge in [0.25, 0.3) is 0 Å². The van der Waals surface area contributed by atoms with Gasteiger partial charge in [0.15, 0.2) is 0 Å². The Hall–Kier alpha value is -1.13. The third kappa shape index (κ3) is 2.40. The van der Waals surface area contributed by atoms with E-state index in [1.165, 1.54) is 11.3 Å². The zero-order chi connectivity index (χ0) is 9.84. The summed E-state index contributed by atoms with van der Waals surface area (Å²) < 4.78 is 0. The average molecular weight is 197 g/mol. The molecule has 0 aliphatic heterocycles. The second-order valence-corrected chi connectivity index (χ2v) is 3.75. The van der Waals surface area contributed by atoms with Crippen molar-refractivity contribution in [1.29, 1.82) is 0 Å². The topological polar surface area (TPSA) is 63.3 Å². The monoisotopic (exact) mass is 197 g/mol. The first-order chi connectivity index (χ1) is 6.15. The van der Waals surface area contributed by atoms with Crippen molar-refractivity contribution in [3.8, 4) is 0 Å². The number of carboxylic acids is 1. The normalized spacial score (nSPS) is 12.4. The molecule has 1 rings (SSSR count). The van der Waals surface area contributed by atoms with Gasteiger partial charge in [-0.1, -0.05) is 6.08 Å². The molecule has 0 saturated carbocycles. The minimum Gasteiger partial charge on any atom is -0.477 e. The van der Waals surface area contributed by atoms with Crippen LogP contribution in [0.3, 0.4) is 0 Å². The smallest absolute Gasteiger partial charge is 0.345 e. The number of carbonyl (C=O) groups is 1. The Morgan fingerprint density at radius 3 is 2.92 bits per heavy atom. The van der Waals surface area contributed by atoms with E-state index < -0.39 is 5.97 Å². The molecule has 0 saturated heterocycles. The molecular weight excluding hydrogens is 186 g/mol. The molecule has 70 valence electrons. The summed E-state index contributed by atoms with van der Waals surface area (Å²) in [5, 5.41) is 8.66. The maximum Gasteiger partial charge on any atom is 0.345 e. The molecule has 0 fully saturated rings. The molecule has 1 heterocycles. The van der Waals surface area contributed by atoms with Crippen LogP contribution in [0.5, 0.6) is 0 Å². The van der Waals surface area contributed by atoms with Crippen LogP contribution in [0.4, 0.5) is 0 Å². The summed E-state index contributed by atoms with van der Waals surface area (Å²) in [6, 6.07) is 3.20. The first-order valence-corrected chi connectivity index (χ1v) is 4.66. The minimum absolute atomic E-state index is 0.129. The van der Waals surface area contributed by atoms with E-state index in [0.717, 1.165) is 4.88 Å². The fourth-order valence-corrected chi connectivity index (χ4v) is 1.82. The first kappa shape index (κ1) is 9.95. The summed E-state index contributed by atoms with van der Waals surface area (Å²) in [6.45, 7) is 3.58. The van der Waals surface area contributed by atoms with Crippen molar-refractivity contribution in [1.82, 2.24) is 0 Å². The van der Waals surface area contributed by atoms with Crippen LogP contribution in [0.1, 0.15) is 27.0 Å². The van der Waals surface area contributed by atoms with Gasteiger partial charge >= 0.3 is 5.97 Å². The number of aromatic carboxylic acids is 1. The van der Waals surface area contributed by atoms with Crippen LogP contribution >= 0.6 is 11.3 Å². The lowest BCUT2D eigenvalue weighted by Crippen LogP contribution is -2.06. The largest absolute Gasteiger partial charge is 0.477 e. The average Bonchev–Trinajstić information content (AvgIpc) is 2.52. The quantitative estimate of drug-likeness (QED) is 0.726. The van der Waals surface area contributed by atoms with E-state index >= 15 is 0 Å². The van der Waals surface area contributed by atoms with E-state index in [1.807, 2.05) is 0 Å². The fourth-order valence-electron chi connectivity index (χ4n) is 0.963. The SMILES string of the molecule is C=CCC(N)c1ccc(C(=O)O)s1. The highest BCUT2D eigenvalue weighted by Crippen LogP contribution is 2.23. The van der Waals surface area contributed by atoms with Gasteiger partial charge in [0.2, 0.25) is 0 Å². The van der Waals surface area contributed by atoms with Crippen LogP contribution in [0, 0.1) is 0 Å². The molecule has 0 amide bonds. The van der Waals surface area contributed by atoms with Crippen LogP contribution < -0.4 is 5.73 Å². The van der Waals surface area contributed by atoms with Gasteiger partial charge in [0.05, 0.1) is 0 Å². The van der Waals surface area contributed by atoms with Crippen LogP contribution in [0.25, 0.3) is 0 Å². The minimum atomic E-state index is -0.901. The predicted molar refractivity (Wildman–Crippen MR) is 53.0 cm³/mol. The molecule has 1 aromatic heterocycles. The number of hydrogen-bond acceptors (Lipinski definition) is 3. The summed E-state index contributed by atoms with van der Waals surface area (Å²) in [5.41, 5.74) is 5.77. The number of carboxylic acid groups (broad SMARTS) is 1. The molecule has 13 heavy (non-hydrogen) atoms. The van der Waals surface area contributed by atoms with E-state index in [4.69, 9.17) is 10.8 Å². The predicted octanol–water partition coefficient (Wildman–Crippen LogP) is 2.02. The summed E-state index contributed by atoms with van der Waals surface area (Å²) in [4.78, 5) is 11.8. The van der Waals surface area contributed by atoms with E-state index in [2.05, 4.69) is 6.58 Å². The summed E-state index contributed by atoms with van der Waals surface area (Å²) in [5.74, 6) is -0.901. The lowest BCUT2D eigenvalue weighted by molar-refractivity contribution is 0.0702. The van der Waals surface area contributed by atoms with Crippen molar-refractivity contribution in [2.24, 2.45) is 5.73 Å². The molecule has 0 aliphatic carbocycles. The van der Waals surface area contributed by atoms with E-state index in [9.17, 15) is 4.79 Å². The van der Waals surface area contributed by atoms with Crippen LogP contribution in [0.2, 0.25) is 0 Å². The maximum atomic E-state index is 10.5. The molecule has 0 aromatic carbocycles. The molecule has 4 heteroatoms. The Balaban J connectivity index is 2.78. The van der Waals surface area contributed by atoms with E-state index in [0.29, 0.717) is 11.3 Å². The highest BCUT2D eigenvalue weighted by atomic mass is 32.1. The summed E-state index contributed by atoms with van der Waals surface area (Å²) >= 11 is 1.22. The molecule has 0 spiro atoms. The fraction of sp³-hybridized carbons (Fsp3) is 0.222. The van der Waals surface area contributed by atoms with E-state index in [1.54, 1.807) is 18.2 Å². The first-order valence-electron chi connectivity index (χ1n) is 3.84. The van der Waals surface area contributed by atoms with Gasteiger partial charge in [-0.05, 0) is 18.6 Å². The highest BCUT2D eigenvalue weighted by Gasteiger charge is 2.10. The van der Waals surface area contributed by atoms with Gasteiger partial charge in [0, 0.05) is 10.9 Å². The Morgan fingerprint density at radius 1 is 1.77 bits per heavy atom. The van der Waals surface area contributed by atoms with Gasteiger partial charge in [-0.25, -0.2) is 4.79 Å². The molecule has 3 N–H and O–H groups in total. The Bertz CT molecular complexity index is 319. The van der Waals surface area contributed by atoms with Gasteiger partial charge < -0.3 is 10.8 Å². The van der Waals surface area contributed by atoms with Crippen molar-refractivity contribution in [3.63, 3.8) is 0 Å². The van der Waals surface area contributed by atoms with Gasteiger partial charge in [0.1, 0.15) is 4.88 Å². The second kappa shape index (κ2) is 4.20. The Morgan fingerprint density at radius 2 is 2.46 bits per heavy atom. The van der Waals surface area contributed by atoms with Crippen molar-refractivity contribution in [3.05, 3.63) is 34.5 Å². The van der Waals surface area contributed by atoms with Crippen molar-refractivity contribution in [2.75, 3.05) is 0 Å². The van der Waals surface area contributed by atoms with E-state index in [-0.39, 0.29) is 6.04 Å². The number of nitrogens with two attached hydrogens (primary N) is 1. The molecule has 0 bridgehead atoms. The lowest BCUT2D eigenvalue weighted by atomic mass is 10.2. The Kier molecular flexibility index (Phi) is 3.22. The number of rotatable bonds is 4. The molecule has 1 unspecified atom stereocenters. The number of thiophene rings is 1. The van der Waals surface area contributed by atoms with Gasteiger partial charge in [-0.15, -0.1) is 17.9 Å². The Labute approximate surface area is 80.5 Å². The standard InChI is InChI=1S/C9H11NO2S/c1-2-3-6(10)7-4-5-8(13-7)9(11)12/h2,4-6H,1,3,10H2,(H,11,12). The molecule has 1 atom stereocenters. The van der Waals surface area contributed by atoms with Crippen LogP contribution in [-0.4, -0.2) is 11.1 Å². The third-order valence-electron chi connectivity index (χ3n) is 1.62. The van der Waals surface area contributed by atoms with Crippen molar-refractivity contribution in [2.45, 2.75) is 12.5 Å². The van der Waals surface area contributed by atoms with Crippen LogP contribution in [-0.2, 0) is 0 Å². The summed E-state index contributed by atoms with van der Waals surface area (Å²) in [6.07, 6.45) is 2.39. The molecular formula is C9H11NO2S. The molecule has 1 aromatic rings. The zero-order valence-electron chi connectivity index (χ0n) is 7.06. The van der Waals surface area contributed by atoms with Crippen LogP contribution in [0.15, 0.2) is 24.8 Å². The third-order valence-corrected chi connectivity index (χ3v) is 2.83. The maximum absolute atomic E-state index is 10.5. The zero-order valence-corrected chi connectivity index (χ0v) is 7.88. The lowest BCUT2D eigenvalue weighted by Gasteiger charge is -2.04. The number of hydrogen-bond donors (Lipinski definition) is 2. The van der Waals surface area contributed by atoms with Gasteiger partial charge in [-0.3, -0.25) is 0 Å². The second-order valence-electron chi connectivity index (χ2n) is 2.64. The van der Waals surface area contributed by atoms with Crippen molar-refractivity contribution >= 4 is 17.3 Å². The molecule has 3 nitrogen and oxygen atoms in total. The summed E-state index contributed by atoms with van der Waals surface area (Å²) in [7, 11) is 0. The molecule has 0 radical (unpaired) electrons. The molecule has 0 aliphatic rings.